The highest BCUT2D eigenvalue weighted by atomic mass is 16.5. The molecule has 4 heteroatoms. The van der Waals surface area contributed by atoms with Crippen LogP contribution < -0.4 is 4.74 Å². The third kappa shape index (κ3) is 4.17. The average molecular weight is 344 g/mol. The molecule has 0 N–H and O–H groups in total. The molecule has 2 heterocycles. The van der Waals surface area contributed by atoms with Crippen molar-refractivity contribution in [2.75, 3.05) is 19.7 Å². The summed E-state index contributed by atoms with van der Waals surface area (Å²) in [6.07, 6.45) is 5.81. The standard InChI is InChI=1S/C21H32N2O2/c1-4-25-19-12-10-18(11-13-19)20-9-6-14-22(20)15-21(24)23-16(2)7-5-8-17(23)3/h10-13,16-17,20H,4-9,14-15H2,1-3H3/t16-,17-,20+/m1/s1. The molecule has 138 valence electrons. The lowest BCUT2D eigenvalue weighted by Crippen LogP contribution is -2.51. The van der Waals surface area contributed by atoms with Gasteiger partial charge in [0.2, 0.25) is 5.91 Å². The summed E-state index contributed by atoms with van der Waals surface area (Å²) in [5, 5.41) is 0. The van der Waals surface area contributed by atoms with Crippen LogP contribution in [-0.2, 0) is 4.79 Å². The van der Waals surface area contributed by atoms with Crippen LogP contribution in [0.1, 0.15) is 64.5 Å². The van der Waals surface area contributed by atoms with Gasteiger partial charge in [0.05, 0.1) is 13.2 Å². The molecule has 0 aliphatic carbocycles. The van der Waals surface area contributed by atoms with Crippen molar-refractivity contribution in [3.8, 4) is 5.75 Å². The van der Waals surface area contributed by atoms with Gasteiger partial charge in [-0.3, -0.25) is 9.69 Å². The Kier molecular flexibility index (Phi) is 6.00. The summed E-state index contributed by atoms with van der Waals surface area (Å²) in [6.45, 7) is 8.64. The molecule has 1 amide bonds. The van der Waals surface area contributed by atoms with Gasteiger partial charge in [0, 0.05) is 18.1 Å². The summed E-state index contributed by atoms with van der Waals surface area (Å²) < 4.78 is 5.54. The molecule has 0 unspecified atom stereocenters. The molecule has 0 spiro atoms. The molecule has 25 heavy (non-hydrogen) atoms. The van der Waals surface area contributed by atoms with Gasteiger partial charge >= 0.3 is 0 Å². The third-order valence-electron chi connectivity index (χ3n) is 5.76. The SMILES string of the molecule is CCOc1ccc([C@@H]2CCCN2CC(=O)N2[C@H](C)CCC[C@H]2C)cc1. The molecule has 3 rings (SSSR count). The number of piperidine rings is 1. The van der Waals surface area contributed by atoms with Crippen molar-refractivity contribution in [1.82, 2.24) is 9.80 Å². The van der Waals surface area contributed by atoms with E-state index in [0.29, 0.717) is 37.2 Å². The van der Waals surface area contributed by atoms with Crippen molar-refractivity contribution >= 4 is 5.91 Å². The number of benzene rings is 1. The molecule has 2 fully saturated rings. The normalized spacial score (nSPS) is 27.5. The topological polar surface area (TPSA) is 32.8 Å². The van der Waals surface area contributed by atoms with Crippen LogP contribution in [-0.4, -0.2) is 47.5 Å². The molecule has 2 aliphatic heterocycles. The van der Waals surface area contributed by atoms with Crippen LogP contribution in [0.15, 0.2) is 24.3 Å². The molecule has 3 atom stereocenters. The first-order chi connectivity index (χ1) is 12.1. The number of ether oxygens (including phenoxy) is 1. The second-order valence-corrected chi connectivity index (χ2v) is 7.56. The molecule has 1 aromatic rings. The van der Waals surface area contributed by atoms with Crippen LogP contribution in [0.4, 0.5) is 0 Å². The fourth-order valence-electron chi connectivity index (χ4n) is 4.51. The quantitative estimate of drug-likeness (QED) is 0.809. The van der Waals surface area contributed by atoms with E-state index in [9.17, 15) is 4.79 Å². The van der Waals surface area contributed by atoms with Gasteiger partial charge in [0.1, 0.15) is 5.75 Å². The number of carbonyl (C=O) groups excluding carboxylic acids is 1. The van der Waals surface area contributed by atoms with E-state index >= 15 is 0 Å². The monoisotopic (exact) mass is 344 g/mol. The van der Waals surface area contributed by atoms with Gasteiger partial charge in [0.15, 0.2) is 0 Å². The molecule has 1 aromatic carbocycles. The summed E-state index contributed by atoms with van der Waals surface area (Å²) in [6, 6.07) is 9.52. The molecule has 0 radical (unpaired) electrons. The minimum atomic E-state index is 0.303. The van der Waals surface area contributed by atoms with Crippen molar-refractivity contribution < 1.29 is 9.53 Å². The lowest BCUT2D eigenvalue weighted by molar-refractivity contribution is -0.138. The lowest BCUT2D eigenvalue weighted by Gasteiger charge is -2.40. The van der Waals surface area contributed by atoms with Gasteiger partial charge in [-0.2, -0.15) is 0 Å². The first-order valence-corrected chi connectivity index (χ1v) is 9.88. The zero-order valence-corrected chi connectivity index (χ0v) is 15.9. The zero-order chi connectivity index (χ0) is 17.8. The van der Waals surface area contributed by atoms with E-state index in [1.165, 1.54) is 12.0 Å². The Hall–Kier alpha value is -1.55. The van der Waals surface area contributed by atoms with Crippen LogP contribution in [0, 0.1) is 0 Å². The van der Waals surface area contributed by atoms with Crippen molar-refractivity contribution in [2.45, 2.75) is 71.0 Å². The van der Waals surface area contributed by atoms with Crippen LogP contribution in [0.5, 0.6) is 5.75 Å². The zero-order valence-electron chi connectivity index (χ0n) is 15.9. The van der Waals surface area contributed by atoms with Gasteiger partial charge in [-0.25, -0.2) is 0 Å². The highest BCUT2D eigenvalue weighted by molar-refractivity contribution is 5.79. The minimum Gasteiger partial charge on any atom is -0.494 e. The number of carbonyl (C=O) groups is 1. The fraction of sp³-hybridized carbons (Fsp3) is 0.667. The number of likely N-dealkylation sites (tertiary alicyclic amines) is 2. The maximum Gasteiger partial charge on any atom is 0.237 e. The molecule has 0 aromatic heterocycles. The van der Waals surface area contributed by atoms with Gasteiger partial charge < -0.3 is 9.64 Å². The Balaban J connectivity index is 1.66. The molecule has 0 saturated carbocycles. The van der Waals surface area contributed by atoms with Gasteiger partial charge in [-0.15, -0.1) is 0 Å². The largest absolute Gasteiger partial charge is 0.494 e. The molecular formula is C21H32N2O2. The van der Waals surface area contributed by atoms with E-state index in [-0.39, 0.29) is 0 Å². The average Bonchev–Trinajstić information content (AvgIpc) is 3.04. The van der Waals surface area contributed by atoms with Crippen molar-refractivity contribution in [1.29, 1.82) is 0 Å². The van der Waals surface area contributed by atoms with Gasteiger partial charge in [0.25, 0.3) is 0 Å². The summed E-state index contributed by atoms with van der Waals surface area (Å²) in [5.41, 5.74) is 1.30. The Bertz CT molecular complexity index is 562. The first-order valence-electron chi connectivity index (χ1n) is 9.88. The van der Waals surface area contributed by atoms with E-state index in [1.54, 1.807) is 0 Å². The number of amides is 1. The Labute approximate surface area is 152 Å². The molecule has 2 saturated heterocycles. The number of hydrogen-bond acceptors (Lipinski definition) is 3. The van der Waals surface area contributed by atoms with E-state index in [4.69, 9.17) is 4.74 Å². The highest BCUT2D eigenvalue weighted by Crippen LogP contribution is 2.33. The van der Waals surface area contributed by atoms with E-state index in [2.05, 4.69) is 35.8 Å². The third-order valence-corrected chi connectivity index (χ3v) is 5.76. The van der Waals surface area contributed by atoms with Gasteiger partial charge in [-0.1, -0.05) is 12.1 Å². The van der Waals surface area contributed by atoms with Crippen molar-refractivity contribution in [3.05, 3.63) is 29.8 Å². The Morgan fingerprint density at radius 3 is 2.40 bits per heavy atom. The van der Waals surface area contributed by atoms with Gasteiger partial charge in [-0.05, 0) is 77.1 Å². The smallest absolute Gasteiger partial charge is 0.237 e. The summed E-state index contributed by atoms with van der Waals surface area (Å²) in [7, 11) is 0. The number of hydrogen-bond donors (Lipinski definition) is 0. The maximum absolute atomic E-state index is 13.0. The fourth-order valence-corrected chi connectivity index (χ4v) is 4.51. The Morgan fingerprint density at radius 2 is 1.76 bits per heavy atom. The number of nitrogens with zero attached hydrogens (tertiary/aromatic N) is 2. The second kappa shape index (κ2) is 8.22. The summed E-state index contributed by atoms with van der Waals surface area (Å²) in [4.78, 5) is 17.5. The first kappa shape index (κ1) is 18.2. The second-order valence-electron chi connectivity index (χ2n) is 7.56. The predicted molar refractivity (Wildman–Crippen MR) is 101 cm³/mol. The maximum atomic E-state index is 13.0. The Morgan fingerprint density at radius 1 is 1.08 bits per heavy atom. The summed E-state index contributed by atoms with van der Waals surface area (Å²) >= 11 is 0. The van der Waals surface area contributed by atoms with E-state index in [1.807, 2.05) is 19.1 Å². The van der Waals surface area contributed by atoms with Crippen molar-refractivity contribution in [3.63, 3.8) is 0 Å². The van der Waals surface area contributed by atoms with E-state index < -0.39 is 0 Å². The number of rotatable bonds is 5. The molecule has 2 aliphatic rings. The summed E-state index contributed by atoms with van der Waals surface area (Å²) in [5.74, 6) is 1.22. The predicted octanol–water partition coefficient (Wildman–Crippen LogP) is 4.01. The molecular weight excluding hydrogens is 312 g/mol. The van der Waals surface area contributed by atoms with Crippen molar-refractivity contribution in [2.24, 2.45) is 0 Å². The van der Waals surface area contributed by atoms with Crippen LogP contribution >= 0.6 is 0 Å². The molecule has 0 bridgehead atoms. The van der Waals surface area contributed by atoms with Crippen LogP contribution in [0.2, 0.25) is 0 Å². The lowest BCUT2D eigenvalue weighted by atomic mass is 9.97. The minimum absolute atomic E-state index is 0.303. The van der Waals surface area contributed by atoms with Crippen LogP contribution in [0.25, 0.3) is 0 Å². The van der Waals surface area contributed by atoms with Crippen LogP contribution in [0.3, 0.4) is 0 Å². The molecule has 4 nitrogen and oxygen atoms in total. The highest BCUT2D eigenvalue weighted by Gasteiger charge is 2.33. The van der Waals surface area contributed by atoms with E-state index in [0.717, 1.165) is 38.0 Å².